The first-order chi connectivity index (χ1) is 9.12. The zero-order chi connectivity index (χ0) is 14.3. The lowest BCUT2D eigenvalue weighted by Crippen LogP contribution is -2.35. The van der Waals surface area contributed by atoms with Crippen molar-refractivity contribution in [2.24, 2.45) is 0 Å². The molecule has 1 aromatic carbocycles. The fourth-order valence-electron chi connectivity index (χ4n) is 1.77. The summed E-state index contributed by atoms with van der Waals surface area (Å²) < 4.78 is 4.76. The van der Waals surface area contributed by atoms with Crippen LogP contribution in [0.4, 0.5) is 0 Å². The Kier molecular flexibility index (Phi) is 6.02. The summed E-state index contributed by atoms with van der Waals surface area (Å²) in [6.07, 6.45) is 0. The highest BCUT2D eigenvalue weighted by molar-refractivity contribution is 5.91. The minimum atomic E-state index is -0.355. The van der Waals surface area contributed by atoms with E-state index in [0.717, 1.165) is 12.1 Å². The maximum atomic E-state index is 11.7. The van der Waals surface area contributed by atoms with Crippen LogP contribution >= 0.6 is 0 Å². The van der Waals surface area contributed by atoms with Gasteiger partial charge in [0.25, 0.3) is 0 Å². The van der Waals surface area contributed by atoms with Crippen LogP contribution in [0, 0.1) is 0 Å². The van der Waals surface area contributed by atoms with E-state index in [1.807, 2.05) is 24.0 Å². The number of hydrogen-bond donors (Lipinski definition) is 1. The SMILES string of the molecule is CCN(CC(=O)NC)Cc1ccccc1C(=O)OC. The predicted molar refractivity (Wildman–Crippen MR) is 72.8 cm³/mol. The molecule has 5 heteroatoms. The molecule has 19 heavy (non-hydrogen) atoms. The molecule has 0 radical (unpaired) electrons. The van der Waals surface area contributed by atoms with Crippen LogP contribution in [-0.4, -0.2) is 44.0 Å². The molecule has 0 saturated carbocycles. The minimum Gasteiger partial charge on any atom is -0.465 e. The topological polar surface area (TPSA) is 58.6 Å². The highest BCUT2D eigenvalue weighted by Crippen LogP contribution is 2.12. The van der Waals surface area contributed by atoms with Crippen molar-refractivity contribution < 1.29 is 14.3 Å². The number of nitrogens with zero attached hydrogens (tertiary/aromatic N) is 1. The van der Waals surface area contributed by atoms with Crippen LogP contribution in [0.1, 0.15) is 22.8 Å². The van der Waals surface area contributed by atoms with Crippen molar-refractivity contribution in [3.8, 4) is 0 Å². The fourth-order valence-corrected chi connectivity index (χ4v) is 1.77. The van der Waals surface area contributed by atoms with Crippen molar-refractivity contribution in [3.63, 3.8) is 0 Å². The summed E-state index contributed by atoms with van der Waals surface area (Å²) in [5.74, 6) is -0.399. The maximum absolute atomic E-state index is 11.7. The number of likely N-dealkylation sites (N-methyl/N-ethyl adjacent to an activating group) is 2. The molecule has 0 atom stereocenters. The molecule has 0 aromatic heterocycles. The van der Waals surface area contributed by atoms with Gasteiger partial charge in [-0.3, -0.25) is 9.69 Å². The Hall–Kier alpha value is -1.88. The molecule has 0 spiro atoms. The molecular weight excluding hydrogens is 244 g/mol. The second kappa shape index (κ2) is 7.53. The lowest BCUT2D eigenvalue weighted by atomic mass is 10.1. The van der Waals surface area contributed by atoms with Crippen LogP contribution in [0.2, 0.25) is 0 Å². The molecule has 0 heterocycles. The number of ether oxygens (including phenoxy) is 1. The van der Waals surface area contributed by atoms with Gasteiger partial charge >= 0.3 is 5.97 Å². The Bertz CT molecular complexity index is 446. The zero-order valence-corrected chi connectivity index (χ0v) is 11.6. The molecule has 0 unspecified atom stereocenters. The third-order valence-electron chi connectivity index (χ3n) is 2.91. The number of amides is 1. The van der Waals surface area contributed by atoms with E-state index >= 15 is 0 Å². The van der Waals surface area contributed by atoms with Crippen LogP contribution in [0.15, 0.2) is 24.3 Å². The molecule has 0 fully saturated rings. The Morgan fingerprint density at radius 3 is 2.58 bits per heavy atom. The molecule has 5 nitrogen and oxygen atoms in total. The van der Waals surface area contributed by atoms with Gasteiger partial charge in [0, 0.05) is 13.6 Å². The van der Waals surface area contributed by atoms with Crippen LogP contribution in [0.25, 0.3) is 0 Å². The quantitative estimate of drug-likeness (QED) is 0.780. The number of hydrogen-bond acceptors (Lipinski definition) is 4. The Morgan fingerprint density at radius 2 is 2.00 bits per heavy atom. The number of benzene rings is 1. The average Bonchev–Trinajstić information content (AvgIpc) is 2.45. The molecule has 1 aromatic rings. The van der Waals surface area contributed by atoms with Crippen molar-refractivity contribution in [2.75, 3.05) is 27.2 Å². The summed E-state index contributed by atoms with van der Waals surface area (Å²) in [5, 5.41) is 2.59. The van der Waals surface area contributed by atoms with Crippen molar-refractivity contribution >= 4 is 11.9 Å². The van der Waals surface area contributed by atoms with Gasteiger partial charge in [0.1, 0.15) is 0 Å². The Morgan fingerprint density at radius 1 is 1.32 bits per heavy atom. The van der Waals surface area contributed by atoms with Crippen LogP contribution in [0.5, 0.6) is 0 Å². The normalized spacial score (nSPS) is 10.3. The molecule has 0 aliphatic heterocycles. The second-order valence-electron chi connectivity index (χ2n) is 4.13. The largest absolute Gasteiger partial charge is 0.465 e. The van der Waals surface area contributed by atoms with E-state index < -0.39 is 0 Å². The molecule has 1 N–H and O–H groups in total. The Labute approximate surface area is 113 Å². The van der Waals surface area contributed by atoms with E-state index in [4.69, 9.17) is 4.74 Å². The molecule has 104 valence electrons. The molecular formula is C14H20N2O3. The second-order valence-corrected chi connectivity index (χ2v) is 4.13. The van der Waals surface area contributed by atoms with Crippen molar-refractivity contribution in [1.29, 1.82) is 0 Å². The Balaban J connectivity index is 2.85. The van der Waals surface area contributed by atoms with Gasteiger partial charge < -0.3 is 10.1 Å². The first-order valence-corrected chi connectivity index (χ1v) is 6.21. The third-order valence-corrected chi connectivity index (χ3v) is 2.91. The first kappa shape index (κ1) is 15.2. The van der Waals surface area contributed by atoms with Gasteiger partial charge in [-0.05, 0) is 18.2 Å². The van der Waals surface area contributed by atoms with Gasteiger partial charge in [-0.15, -0.1) is 0 Å². The van der Waals surface area contributed by atoms with Crippen molar-refractivity contribution in [2.45, 2.75) is 13.5 Å². The number of carbonyl (C=O) groups excluding carboxylic acids is 2. The first-order valence-electron chi connectivity index (χ1n) is 6.21. The fraction of sp³-hybridized carbons (Fsp3) is 0.429. The van der Waals surface area contributed by atoms with Crippen molar-refractivity contribution in [1.82, 2.24) is 10.2 Å². The molecule has 0 aliphatic rings. The van der Waals surface area contributed by atoms with Crippen LogP contribution in [-0.2, 0) is 16.1 Å². The summed E-state index contributed by atoms with van der Waals surface area (Å²) in [6.45, 7) is 3.55. The smallest absolute Gasteiger partial charge is 0.338 e. The molecule has 0 saturated heterocycles. The van der Waals surface area contributed by atoms with Crippen LogP contribution in [0.3, 0.4) is 0 Å². The maximum Gasteiger partial charge on any atom is 0.338 e. The zero-order valence-electron chi connectivity index (χ0n) is 11.6. The molecule has 0 bridgehead atoms. The average molecular weight is 264 g/mol. The minimum absolute atomic E-state index is 0.0441. The van der Waals surface area contributed by atoms with E-state index in [1.165, 1.54) is 7.11 Å². The summed E-state index contributed by atoms with van der Waals surface area (Å²) in [6, 6.07) is 7.27. The van der Waals surface area contributed by atoms with E-state index in [9.17, 15) is 9.59 Å². The molecule has 1 amide bonds. The van der Waals surface area contributed by atoms with Gasteiger partial charge in [0.05, 0.1) is 19.2 Å². The summed E-state index contributed by atoms with van der Waals surface area (Å²) in [7, 11) is 2.97. The van der Waals surface area contributed by atoms with E-state index in [1.54, 1.807) is 19.2 Å². The number of nitrogens with one attached hydrogen (secondary N) is 1. The van der Waals surface area contributed by atoms with Gasteiger partial charge in [-0.25, -0.2) is 4.79 Å². The summed E-state index contributed by atoms with van der Waals surface area (Å²) in [4.78, 5) is 25.0. The van der Waals surface area contributed by atoms with Crippen LogP contribution < -0.4 is 5.32 Å². The van der Waals surface area contributed by atoms with E-state index in [-0.39, 0.29) is 11.9 Å². The van der Waals surface area contributed by atoms with E-state index in [2.05, 4.69) is 5.32 Å². The molecule has 0 aliphatic carbocycles. The summed E-state index contributed by atoms with van der Waals surface area (Å²) >= 11 is 0. The number of esters is 1. The predicted octanol–water partition coefficient (Wildman–Crippen LogP) is 1.04. The van der Waals surface area contributed by atoms with Gasteiger partial charge in [-0.1, -0.05) is 25.1 Å². The van der Waals surface area contributed by atoms with Gasteiger partial charge in [0.2, 0.25) is 5.91 Å². The van der Waals surface area contributed by atoms with Gasteiger partial charge in [0.15, 0.2) is 0 Å². The lowest BCUT2D eigenvalue weighted by Gasteiger charge is -2.20. The van der Waals surface area contributed by atoms with Gasteiger partial charge in [-0.2, -0.15) is 0 Å². The monoisotopic (exact) mass is 264 g/mol. The number of rotatable bonds is 6. The number of methoxy groups -OCH3 is 1. The van der Waals surface area contributed by atoms with E-state index in [0.29, 0.717) is 18.7 Å². The highest BCUT2D eigenvalue weighted by atomic mass is 16.5. The highest BCUT2D eigenvalue weighted by Gasteiger charge is 2.14. The lowest BCUT2D eigenvalue weighted by molar-refractivity contribution is -0.121. The number of carbonyl (C=O) groups is 2. The third kappa shape index (κ3) is 4.37. The standard InChI is InChI=1S/C14H20N2O3/c1-4-16(10-13(17)15-2)9-11-7-5-6-8-12(11)14(18)19-3/h5-8H,4,9-10H2,1-3H3,(H,15,17). The molecule has 1 rings (SSSR count). The van der Waals surface area contributed by atoms with Crippen molar-refractivity contribution in [3.05, 3.63) is 35.4 Å². The summed E-state index contributed by atoms with van der Waals surface area (Å²) in [5.41, 5.74) is 1.40.